The van der Waals surface area contributed by atoms with E-state index in [9.17, 15) is 14.4 Å². The van der Waals surface area contributed by atoms with Crippen LogP contribution in [0, 0.1) is 0 Å². The Kier molecular flexibility index (Phi) is 8.30. The van der Waals surface area contributed by atoms with Crippen molar-refractivity contribution in [2.75, 3.05) is 20.3 Å². The third-order valence-electron chi connectivity index (χ3n) is 6.03. The van der Waals surface area contributed by atoms with Gasteiger partial charge in [0.2, 0.25) is 0 Å². The van der Waals surface area contributed by atoms with Gasteiger partial charge in [-0.3, -0.25) is 14.5 Å². The van der Waals surface area contributed by atoms with E-state index in [-0.39, 0.29) is 45.4 Å². The van der Waals surface area contributed by atoms with E-state index in [1.54, 1.807) is 18.2 Å². The molecular formula is C30H21Cl2NO6S. The number of imide groups is 1. The maximum Gasteiger partial charge on any atom is 0.345 e. The number of halogens is 2. The summed E-state index contributed by atoms with van der Waals surface area (Å²) >= 11 is 12.9. The lowest BCUT2D eigenvalue weighted by molar-refractivity contribution is -0.123. The van der Waals surface area contributed by atoms with Crippen molar-refractivity contribution in [3.63, 3.8) is 0 Å². The first kappa shape index (κ1) is 27.6. The van der Waals surface area contributed by atoms with Crippen LogP contribution in [0.3, 0.4) is 0 Å². The van der Waals surface area contributed by atoms with Crippen LogP contribution in [0.5, 0.6) is 17.2 Å². The first-order chi connectivity index (χ1) is 19.3. The molecule has 0 radical (unpaired) electrons. The van der Waals surface area contributed by atoms with E-state index < -0.39 is 11.9 Å². The quantitative estimate of drug-likeness (QED) is 0.119. The van der Waals surface area contributed by atoms with Crippen LogP contribution in [0.15, 0.2) is 83.8 Å². The third kappa shape index (κ3) is 5.94. The number of ether oxygens (including phenoxy) is 3. The van der Waals surface area contributed by atoms with E-state index in [0.717, 1.165) is 27.4 Å². The minimum atomic E-state index is -0.681. The van der Waals surface area contributed by atoms with Crippen LogP contribution in [0.2, 0.25) is 10.0 Å². The molecule has 0 N–H and O–H groups in total. The first-order valence-corrected chi connectivity index (χ1v) is 13.6. The van der Waals surface area contributed by atoms with E-state index in [4.69, 9.17) is 37.4 Å². The number of esters is 1. The van der Waals surface area contributed by atoms with Gasteiger partial charge in [0.25, 0.3) is 11.1 Å². The predicted octanol–water partition coefficient (Wildman–Crippen LogP) is 7.49. The first-order valence-electron chi connectivity index (χ1n) is 12.1. The highest BCUT2D eigenvalue weighted by Gasteiger charge is 2.35. The molecule has 0 spiro atoms. The van der Waals surface area contributed by atoms with Crippen molar-refractivity contribution >= 4 is 68.9 Å². The van der Waals surface area contributed by atoms with Crippen molar-refractivity contribution in [1.82, 2.24) is 4.90 Å². The van der Waals surface area contributed by atoms with E-state index >= 15 is 0 Å². The molecule has 0 aliphatic carbocycles. The molecule has 1 fully saturated rings. The lowest BCUT2D eigenvalue weighted by atomic mass is 10.1. The number of benzene rings is 4. The van der Waals surface area contributed by atoms with Crippen LogP contribution in [0.25, 0.3) is 16.8 Å². The second-order valence-electron chi connectivity index (χ2n) is 8.58. The molecule has 4 aromatic carbocycles. The molecule has 1 aliphatic heterocycles. The number of carbonyl (C=O) groups excluding carboxylic acids is 3. The van der Waals surface area contributed by atoms with Crippen molar-refractivity contribution in [3.05, 3.63) is 105 Å². The van der Waals surface area contributed by atoms with Gasteiger partial charge in [-0.25, -0.2) is 4.79 Å². The Labute approximate surface area is 244 Å². The Morgan fingerprint density at radius 2 is 1.73 bits per heavy atom. The molecule has 2 amide bonds. The standard InChI is InChI=1S/C30H21Cl2NO6S/c1-37-26-15-18(9-12-25(26)39-29(35)22-11-10-20(31)17-23(22)32)16-27-28(34)33(30(36)40-27)13-14-38-24-8-4-6-19-5-2-3-7-21(19)24/h2-12,15-17H,13-14H2,1H3/b27-16-. The highest BCUT2D eigenvalue weighted by Crippen LogP contribution is 2.35. The monoisotopic (exact) mass is 593 g/mol. The number of methoxy groups -OCH3 is 1. The van der Waals surface area contributed by atoms with Gasteiger partial charge >= 0.3 is 5.97 Å². The van der Waals surface area contributed by atoms with Gasteiger partial charge in [-0.1, -0.05) is 65.7 Å². The van der Waals surface area contributed by atoms with Crippen LogP contribution in [0.1, 0.15) is 15.9 Å². The van der Waals surface area contributed by atoms with Gasteiger partial charge in [-0.05, 0) is 65.2 Å². The maximum atomic E-state index is 13.0. The maximum absolute atomic E-state index is 13.0. The van der Waals surface area contributed by atoms with Crippen LogP contribution >= 0.6 is 35.0 Å². The Morgan fingerprint density at radius 3 is 2.52 bits per heavy atom. The number of fused-ring (bicyclic) bond motifs is 1. The lowest BCUT2D eigenvalue weighted by Gasteiger charge is -2.14. The van der Waals surface area contributed by atoms with Gasteiger partial charge in [-0.15, -0.1) is 0 Å². The Hall–Kier alpha value is -3.98. The summed E-state index contributed by atoms with van der Waals surface area (Å²) in [6.45, 7) is 0.265. The topological polar surface area (TPSA) is 82.1 Å². The Morgan fingerprint density at radius 1 is 0.925 bits per heavy atom. The zero-order chi connectivity index (χ0) is 28.2. The molecule has 0 aromatic heterocycles. The summed E-state index contributed by atoms with van der Waals surface area (Å²) in [7, 11) is 1.43. The van der Waals surface area contributed by atoms with Crippen LogP contribution in [0.4, 0.5) is 4.79 Å². The zero-order valence-corrected chi connectivity index (χ0v) is 23.4. The zero-order valence-electron chi connectivity index (χ0n) is 21.1. The summed E-state index contributed by atoms with van der Waals surface area (Å²) in [4.78, 5) is 39.6. The van der Waals surface area contributed by atoms with Crippen molar-refractivity contribution in [3.8, 4) is 17.2 Å². The largest absolute Gasteiger partial charge is 0.493 e. The number of thioether (sulfide) groups is 1. The van der Waals surface area contributed by atoms with Crippen LogP contribution < -0.4 is 14.2 Å². The molecule has 0 bridgehead atoms. The van der Waals surface area contributed by atoms with Gasteiger partial charge in [0.05, 0.1) is 29.1 Å². The SMILES string of the molecule is COc1cc(/C=C2\SC(=O)N(CCOc3cccc4ccccc34)C2=O)ccc1OC(=O)c1ccc(Cl)cc1Cl. The average Bonchev–Trinajstić information content (AvgIpc) is 3.21. The minimum absolute atomic E-state index is 0.108. The normalized spacial score (nSPS) is 14.2. The molecule has 1 heterocycles. The lowest BCUT2D eigenvalue weighted by Crippen LogP contribution is -2.32. The summed E-state index contributed by atoms with van der Waals surface area (Å²) < 4.78 is 16.8. The van der Waals surface area contributed by atoms with Gasteiger partial charge in [0, 0.05) is 10.4 Å². The molecule has 5 rings (SSSR count). The van der Waals surface area contributed by atoms with Crippen molar-refractivity contribution in [2.24, 2.45) is 0 Å². The summed E-state index contributed by atoms with van der Waals surface area (Å²) in [5.74, 6) is 0.0130. The van der Waals surface area contributed by atoms with E-state index in [0.29, 0.717) is 16.3 Å². The van der Waals surface area contributed by atoms with E-state index in [1.165, 1.54) is 31.4 Å². The summed E-state index contributed by atoms with van der Waals surface area (Å²) in [5, 5.41) is 2.17. The van der Waals surface area contributed by atoms with Crippen molar-refractivity contribution in [2.45, 2.75) is 0 Å². The summed E-state index contributed by atoms with van der Waals surface area (Å²) in [6.07, 6.45) is 1.58. The Balaban J connectivity index is 1.26. The summed E-state index contributed by atoms with van der Waals surface area (Å²) in [5.41, 5.74) is 0.731. The highest BCUT2D eigenvalue weighted by molar-refractivity contribution is 8.18. The van der Waals surface area contributed by atoms with E-state index in [2.05, 4.69) is 0 Å². The fourth-order valence-electron chi connectivity index (χ4n) is 4.08. The molecule has 4 aromatic rings. The second kappa shape index (κ2) is 12.0. The fourth-order valence-corrected chi connectivity index (χ4v) is 5.43. The van der Waals surface area contributed by atoms with Crippen LogP contribution in [-0.4, -0.2) is 42.3 Å². The van der Waals surface area contributed by atoms with E-state index in [1.807, 2.05) is 42.5 Å². The number of hydrogen-bond acceptors (Lipinski definition) is 7. The molecule has 40 heavy (non-hydrogen) atoms. The van der Waals surface area contributed by atoms with Crippen molar-refractivity contribution < 1.29 is 28.6 Å². The van der Waals surface area contributed by atoms with Crippen molar-refractivity contribution in [1.29, 1.82) is 0 Å². The number of hydrogen-bond donors (Lipinski definition) is 0. The molecule has 202 valence electrons. The molecule has 7 nitrogen and oxygen atoms in total. The molecule has 1 saturated heterocycles. The third-order valence-corrected chi connectivity index (χ3v) is 7.49. The number of nitrogens with zero attached hydrogens (tertiary/aromatic N) is 1. The van der Waals surface area contributed by atoms with Crippen LogP contribution in [-0.2, 0) is 4.79 Å². The number of rotatable bonds is 8. The predicted molar refractivity (Wildman–Crippen MR) is 157 cm³/mol. The molecule has 0 atom stereocenters. The molecule has 10 heteroatoms. The molecular weight excluding hydrogens is 573 g/mol. The van der Waals surface area contributed by atoms with Gasteiger partial charge in [0.15, 0.2) is 11.5 Å². The molecule has 1 aliphatic rings. The fraction of sp³-hybridized carbons (Fsp3) is 0.100. The minimum Gasteiger partial charge on any atom is -0.493 e. The number of amides is 2. The smallest absolute Gasteiger partial charge is 0.345 e. The highest BCUT2D eigenvalue weighted by atomic mass is 35.5. The van der Waals surface area contributed by atoms with Gasteiger partial charge in [-0.2, -0.15) is 0 Å². The number of carbonyl (C=O) groups is 3. The average molecular weight is 594 g/mol. The molecule has 0 saturated carbocycles. The van der Waals surface area contributed by atoms with Gasteiger partial charge < -0.3 is 14.2 Å². The second-order valence-corrected chi connectivity index (χ2v) is 10.4. The Bertz CT molecular complexity index is 1670. The summed E-state index contributed by atoms with van der Waals surface area (Å²) in [6, 6.07) is 22.8. The molecule has 0 unspecified atom stereocenters. The van der Waals surface area contributed by atoms with Gasteiger partial charge in [0.1, 0.15) is 12.4 Å².